The van der Waals surface area contributed by atoms with Crippen LogP contribution in [0.1, 0.15) is 33.6 Å². The van der Waals surface area contributed by atoms with Crippen molar-refractivity contribution < 1.29 is 14.3 Å². The van der Waals surface area contributed by atoms with Crippen LogP contribution in [-0.4, -0.2) is 28.3 Å². The molecule has 1 N–H and O–H groups in total. The van der Waals surface area contributed by atoms with Gasteiger partial charge in [-0.25, -0.2) is 4.79 Å². The minimum absolute atomic E-state index is 0.361. The van der Waals surface area contributed by atoms with Gasteiger partial charge < -0.3 is 10.1 Å². The highest BCUT2D eigenvalue weighted by Crippen LogP contribution is 2.20. The maximum absolute atomic E-state index is 12.1. The summed E-state index contributed by atoms with van der Waals surface area (Å²) in [5, 5.41) is 7.98. The zero-order valence-corrected chi connectivity index (χ0v) is 19.4. The Hall–Kier alpha value is -3.38. The average Bonchev–Trinajstić information content (AvgIpc) is 3.01. The number of hydrogen-bond donors (Lipinski definition) is 1. The Morgan fingerprint density at radius 1 is 1.12 bits per heavy atom. The lowest BCUT2D eigenvalue weighted by Gasteiger charge is -2.09. The van der Waals surface area contributed by atoms with Gasteiger partial charge in [0.05, 0.1) is 12.2 Å². The smallest absolute Gasteiger partial charge is 0.331 e. The highest BCUT2D eigenvalue weighted by molar-refractivity contribution is 6.31. The Morgan fingerprint density at radius 3 is 2.59 bits per heavy atom. The number of rotatable bonds is 7. The molecule has 0 unspecified atom stereocenters. The van der Waals surface area contributed by atoms with Crippen molar-refractivity contribution >= 4 is 35.2 Å². The number of carbonyl (C=O) groups is 2. The molecule has 0 saturated heterocycles. The largest absolute Gasteiger partial charge is 0.452 e. The number of ether oxygens (including phenoxy) is 1. The van der Waals surface area contributed by atoms with Crippen LogP contribution in [0.4, 0.5) is 5.69 Å². The van der Waals surface area contributed by atoms with E-state index in [1.165, 1.54) is 6.08 Å². The van der Waals surface area contributed by atoms with Crippen molar-refractivity contribution in [2.24, 2.45) is 0 Å². The molecular weight excluding hydrogens is 426 g/mol. The minimum Gasteiger partial charge on any atom is -0.452 e. The molecule has 2 aromatic carbocycles. The zero-order valence-electron chi connectivity index (χ0n) is 18.6. The summed E-state index contributed by atoms with van der Waals surface area (Å²) < 4.78 is 6.92. The number of amides is 1. The lowest BCUT2D eigenvalue weighted by Crippen LogP contribution is -2.20. The average molecular weight is 452 g/mol. The molecular formula is C25H26ClN3O3. The lowest BCUT2D eigenvalue weighted by atomic mass is 10.1. The first-order valence-electron chi connectivity index (χ1n) is 10.2. The predicted octanol–water partition coefficient (Wildman–Crippen LogP) is 5.01. The van der Waals surface area contributed by atoms with E-state index in [0.29, 0.717) is 17.3 Å². The van der Waals surface area contributed by atoms with Crippen molar-refractivity contribution in [1.82, 2.24) is 9.78 Å². The van der Waals surface area contributed by atoms with Crippen LogP contribution >= 0.6 is 11.6 Å². The fraction of sp³-hybridized carbons (Fsp3) is 0.240. The third kappa shape index (κ3) is 5.86. The van der Waals surface area contributed by atoms with Gasteiger partial charge in [0, 0.05) is 28.0 Å². The van der Waals surface area contributed by atoms with Crippen LogP contribution in [0, 0.1) is 27.7 Å². The van der Waals surface area contributed by atoms with Crippen LogP contribution in [0.25, 0.3) is 6.08 Å². The standard InChI is InChI=1S/C25H26ClN3O3/c1-16-9-11-23(17(2)13-16)27-24(30)15-32-25(31)12-10-21-18(3)28-29(19(21)4)14-20-7-5-6-8-22(20)26/h5-13H,14-15H2,1-4H3,(H,27,30)/b12-10+. The van der Waals surface area contributed by atoms with E-state index in [9.17, 15) is 9.59 Å². The van der Waals surface area contributed by atoms with Gasteiger partial charge in [-0.3, -0.25) is 9.48 Å². The monoisotopic (exact) mass is 451 g/mol. The first-order chi connectivity index (χ1) is 15.2. The molecule has 32 heavy (non-hydrogen) atoms. The third-order valence-electron chi connectivity index (χ3n) is 5.10. The molecule has 7 heteroatoms. The van der Waals surface area contributed by atoms with Crippen LogP contribution in [0.3, 0.4) is 0 Å². The second-order valence-corrected chi connectivity index (χ2v) is 8.05. The van der Waals surface area contributed by atoms with Crippen molar-refractivity contribution in [3.8, 4) is 0 Å². The van der Waals surface area contributed by atoms with E-state index >= 15 is 0 Å². The Bertz CT molecular complexity index is 1180. The molecule has 3 aromatic rings. The van der Waals surface area contributed by atoms with Crippen molar-refractivity contribution in [3.05, 3.63) is 87.2 Å². The molecule has 0 bridgehead atoms. The molecule has 0 aliphatic carbocycles. The van der Waals surface area contributed by atoms with E-state index in [0.717, 1.165) is 33.6 Å². The van der Waals surface area contributed by atoms with Crippen LogP contribution in [-0.2, 0) is 20.9 Å². The predicted molar refractivity (Wildman–Crippen MR) is 127 cm³/mol. The quantitative estimate of drug-likeness (QED) is 0.404. The molecule has 1 aromatic heterocycles. The van der Waals surface area contributed by atoms with E-state index < -0.39 is 11.9 Å². The van der Waals surface area contributed by atoms with Crippen LogP contribution in [0.15, 0.2) is 48.5 Å². The van der Waals surface area contributed by atoms with E-state index in [-0.39, 0.29) is 6.61 Å². The number of benzene rings is 2. The molecule has 1 amide bonds. The number of carbonyl (C=O) groups excluding carboxylic acids is 2. The number of anilines is 1. The van der Waals surface area contributed by atoms with Gasteiger partial charge in [0.25, 0.3) is 5.91 Å². The Kier molecular flexibility index (Phi) is 7.49. The normalized spacial score (nSPS) is 11.0. The highest BCUT2D eigenvalue weighted by atomic mass is 35.5. The van der Waals surface area contributed by atoms with Gasteiger partial charge in [0.1, 0.15) is 0 Å². The van der Waals surface area contributed by atoms with Gasteiger partial charge in [0.15, 0.2) is 6.61 Å². The summed E-state index contributed by atoms with van der Waals surface area (Å²) in [6.45, 7) is 7.87. The van der Waals surface area contributed by atoms with E-state index in [1.807, 2.05) is 74.8 Å². The Balaban J connectivity index is 1.58. The first kappa shape index (κ1) is 23.3. The zero-order chi connectivity index (χ0) is 23.3. The number of aryl methyl sites for hydroxylation is 3. The summed E-state index contributed by atoms with van der Waals surface area (Å²) in [5.41, 5.74) is 6.23. The Labute approximate surface area is 192 Å². The van der Waals surface area contributed by atoms with Crippen molar-refractivity contribution in [2.45, 2.75) is 34.2 Å². The topological polar surface area (TPSA) is 73.2 Å². The summed E-state index contributed by atoms with van der Waals surface area (Å²) in [7, 11) is 0. The van der Waals surface area contributed by atoms with Crippen molar-refractivity contribution in [3.63, 3.8) is 0 Å². The molecule has 0 saturated carbocycles. The number of esters is 1. The highest BCUT2D eigenvalue weighted by Gasteiger charge is 2.12. The molecule has 0 radical (unpaired) electrons. The van der Waals surface area contributed by atoms with Crippen LogP contribution < -0.4 is 5.32 Å². The molecule has 6 nitrogen and oxygen atoms in total. The summed E-state index contributed by atoms with van der Waals surface area (Å²) in [6.07, 6.45) is 2.96. The van der Waals surface area contributed by atoms with E-state index in [4.69, 9.17) is 16.3 Å². The summed E-state index contributed by atoms with van der Waals surface area (Å²) in [4.78, 5) is 24.2. The first-order valence-corrected chi connectivity index (χ1v) is 10.6. The molecule has 3 rings (SSSR count). The van der Waals surface area contributed by atoms with E-state index in [2.05, 4.69) is 10.4 Å². The summed E-state index contributed by atoms with van der Waals surface area (Å²) >= 11 is 6.25. The van der Waals surface area contributed by atoms with Crippen LogP contribution in [0.2, 0.25) is 5.02 Å². The van der Waals surface area contributed by atoms with Gasteiger partial charge in [0.2, 0.25) is 0 Å². The Morgan fingerprint density at radius 2 is 1.88 bits per heavy atom. The summed E-state index contributed by atoms with van der Waals surface area (Å²) in [6, 6.07) is 13.3. The molecule has 1 heterocycles. The maximum atomic E-state index is 12.1. The number of nitrogens with zero attached hydrogens (tertiary/aromatic N) is 2. The number of nitrogens with one attached hydrogen (secondary N) is 1. The maximum Gasteiger partial charge on any atom is 0.331 e. The van der Waals surface area contributed by atoms with Gasteiger partial charge in [-0.1, -0.05) is 47.5 Å². The third-order valence-corrected chi connectivity index (χ3v) is 5.47. The molecule has 0 aliphatic heterocycles. The van der Waals surface area contributed by atoms with Gasteiger partial charge in [-0.2, -0.15) is 5.10 Å². The lowest BCUT2D eigenvalue weighted by molar-refractivity contribution is -0.142. The van der Waals surface area contributed by atoms with Gasteiger partial charge in [-0.15, -0.1) is 0 Å². The van der Waals surface area contributed by atoms with Gasteiger partial charge >= 0.3 is 5.97 Å². The van der Waals surface area contributed by atoms with Gasteiger partial charge in [-0.05, 0) is 57.0 Å². The molecule has 0 atom stereocenters. The number of halogens is 1. The fourth-order valence-electron chi connectivity index (χ4n) is 3.37. The minimum atomic E-state index is -0.599. The van der Waals surface area contributed by atoms with Crippen molar-refractivity contribution in [2.75, 3.05) is 11.9 Å². The number of hydrogen-bond acceptors (Lipinski definition) is 4. The molecule has 0 fully saturated rings. The fourth-order valence-corrected chi connectivity index (χ4v) is 3.57. The molecule has 0 aliphatic rings. The molecule has 0 spiro atoms. The second-order valence-electron chi connectivity index (χ2n) is 7.64. The SMILES string of the molecule is Cc1ccc(NC(=O)COC(=O)/C=C/c2c(C)nn(Cc3ccccc3Cl)c2C)c(C)c1. The van der Waals surface area contributed by atoms with E-state index in [1.54, 1.807) is 6.08 Å². The summed E-state index contributed by atoms with van der Waals surface area (Å²) in [5.74, 6) is -0.989. The van der Waals surface area contributed by atoms with Crippen molar-refractivity contribution in [1.29, 1.82) is 0 Å². The van der Waals surface area contributed by atoms with Crippen LogP contribution in [0.5, 0.6) is 0 Å². The number of aromatic nitrogens is 2. The second kappa shape index (κ2) is 10.3. The molecule has 166 valence electrons.